The van der Waals surface area contributed by atoms with Crippen molar-refractivity contribution >= 4 is 17.5 Å². The fraction of sp³-hybridized carbons (Fsp3) is 0.417. The van der Waals surface area contributed by atoms with Crippen molar-refractivity contribution in [1.82, 2.24) is 9.80 Å². The number of primary amides is 1. The number of hydrogen-bond acceptors (Lipinski definition) is 7. The number of hydrogen-bond donors (Lipinski definition) is 2. The highest BCUT2D eigenvalue weighted by atomic mass is 16.5. The lowest BCUT2D eigenvalue weighted by Gasteiger charge is -2.34. The number of likely N-dealkylation sites (N-methyl/N-ethyl adjacent to an activating group) is 1. The normalized spacial score (nSPS) is 14.5. The van der Waals surface area contributed by atoms with E-state index in [1.54, 1.807) is 0 Å². The topological polar surface area (TPSA) is 106 Å². The van der Waals surface area contributed by atoms with Crippen molar-refractivity contribution in [2.45, 2.75) is 13.5 Å². The molecule has 0 aliphatic carbocycles. The average Bonchev–Trinajstić information content (AvgIpc) is 2.83. The van der Waals surface area contributed by atoms with E-state index < -0.39 is 5.91 Å². The summed E-state index contributed by atoms with van der Waals surface area (Å²) in [6.45, 7) is 8.19. The number of nitrogens with zero attached hydrogens (tertiary/aromatic N) is 2. The molecule has 0 radical (unpaired) electrons. The molecule has 2 aromatic carbocycles. The van der Waals surface area contributed by atoms with Gasteiger partial charge < -0.3 is 30.2 Å². The number of methoxy groups -OCH3 is 2. The van der Waals surface area contributed by atoms with Gasteiger partial charge in [0.25, 0.3) is 11.8 Å². The van der Waals surface area contributed by atoms with Gasteiger partial charge in [0.2, 0.25) is 5.75 Å². The number of rotatable bonds is 10. The van der Waals surface area contributed by atoms with Crippen LogP contribution < -0.4 is 25.3 Å². The first-order chi connectivity index (χ1) is 15.9. The molecule has 1 aliphatic heterocycles. The molecular formula is C24H32N4O5. The second kappa shape index (κ2) is 11.5. The number of carbonyl (C=O) groups excluding carboxylic acids is 2. The summed E-state index contributed by atoms with van der Waals surface area (Å²) in [6, 6.07) is 10.9. The molecule has 0 saturated carbocycles. The summed E-state index contributed by atoms with van der Waals surface area (Å²) in [5.74, 6) is -0.220. The number of nitrogens with two attached hydrogens (primary N) is 1. The van der Waals surface area contributed by atoms with Crippen LogP contribution in [0.1, 0.15) is 22.8 Å². The van der Waals surface area contributed by atoms with Gasteiger partial charge in [-0.2, -0.15) is 0 Å². The smallest absolute Gasteiger partial charge is 0.255 e. The molecule has 0 atom stereocenters. The number of benzene rings is 2. The first kappa shape index (κ1) is 24.3. The molecule has 1 fully saturated rings. The number of piperazine rings is 1. The molecule has 3 rings (SSSR count). The Morgan fingerprint density at radius 3 is 2.06 bits per heavy atom. The van der Waals surface area contributed by atoms with Gasteiger partial charge in [0, 0.05) is 44.0 Å². The second-order valence-corrected chi connectivity index (χ2v) is 7.83. The van der Waals surface area contributed by atoms with E-state index in [0.29, 0.717) is 11.3 Å². The van der Waals surface area contributed by atoms with E-state index in [2.05, 4.69) is 22.0 Å². The van der Waals surface area contributed by atoms with Crippen molar-refractivity contribution in [3.63, 3.8) is 0 Å². The van der Waals surface area contributed by atoms with Crippen molar-refractivity contribution in [3.8, 4) is 17.2 Å². The maximum Gasteiger partial charge on any atom is 0.255 e. The van der Waals surface area contributed by atoms with E-state index in [9.17, 15) is 9.59 Å². The number of anilines is 1. The summed E-state index contributed by atoms with van der Waals surface area (Å²) < 4.78 is 16.0. The minimum Gasteiger partial charge on any atom is -0.493 e. The van der Waals surface area contributed by atoms with E-state index in [1.807, 2.05) is 24.3 Å². The molecule has 9 nitrogen and oxygen atoms in total. The van der Waals surface area contributed by atoms with Crippen molar-refractivity contribution in [1.29, 1.82) is 0 Å². The van der Waals surface area contributed by atoms with E-state index in [0.717, 1.165) is 39.3 Å². The highest BCUT2D eigenvalue weighted by molar-refractivity contribution is 6.05. The Bertz CT molecular complexity index is 931. The Morgan fingerprint density at radius 1 is 0.970 bits per heavy atom. The summed E-state index contributed by atoms with van der Waals surface area (Å²) in [5, 5.41) is 2.89. The van der Waals surface area contributed by atoms with Crippen LogP contribution in [0.15, 0.2) is 36.4 Å². The van der Waals surface area contributed by atoms with Crippen LogP contribution in [0.4, 0.5) is 5.69 Å². The molecule has 9 heteroatoms. The van der Waals surface area contributed by atoms with E-state index in [4.69, 9.17) is 19.9 Å². The SMILES string of the molecule is CCN1CCN(Cc2ccc(NC(=O)c3cc(OC)c(OCC(N)=O)c(OC)c3)cc2)CC1. The Labute approximate surface area is 194 Å². The molecule has 178 valence electrons. The largest absolute Gasteiger partial charge is 0.493 e. The maximum absolute atomic E-state index is 12.8. The molecule has 2 aromatic rings. The molecule has 1 heterocycles. The summed E-state index contributed by atoms with van der Waals surface area (Å²) in [5.41, 5.74) is 7.37. The molecule has 1 saturated heterocycles. The van der Waals surface area contributed by atoms with Gasteiger partial charge in [0.05, 0.1) is 14.2 Å². The molecule has 0 spiro atoms. The first-order valence-electron chi connectivity index (χ1n) is 11.0. The molecule has 2 amide bonds. The lowest BCUT2D eigenvalue weighted by atomic mass is 10.1. The van der Waals surface area contributed by atoms with Gasteiger partial charge >= 0.3 is 0 Å². The number of amides is 2. The van der Waals surface area contributed by atoms with Gasteiger partial charge in [0.15, 0.2) is 18.1 Å². The van der Waals surface area contributed by atoms with Gasteiger partial charge in [-0.25, -0.2) is 0 Å². The lowest BCUT2D eigenvalue weighted by molar-refractivity contribution is -0.120. The highest BCUT2D eigenvalue weighted by Crippen LogP contribution is 2.38. The summed E-state index contributed by atoms with van der Waals surface area (Å²) >= 11 is 0. The van der Waals surface area contributed by atoms with E-state index >= 15 is 0 Å². The van der Waals surface area contributed by atoms with Crippen LogP contribution in [0.3, 0.4) is 0 Å². The number of ether oxygens (including phenoxy) is 3. The summed E-state index contributed by atoms with van der Waals surface area (Å²) in [4.78, 5) is 28.8. The van der Waals surface area contributed by atoms with Gasteiger partial charge in [0.1, 0.15) is 0 Å². The summed E-state index contributed by atoms with van der Waals surface area (Å²) in [6.07, 6.45) is 0. The minimum absolute atomic E-state index is 0.208. The molecule has 0 unspecified atom stereocenters. The van der Waals surface area contributed by atoms with Crippen LogP contribution >= 0.6 is 0 Å². The Hall–Kier alpha value is -3.30. The maximum atomic E-state index is 12.8. The molecule has 0 bridgehead atoms. The lowest BCUT2D eigenvalue weighted by Crippen LogP contribution is -2.45. The highest BCUT2D eigenvalue weighted by Gasteiger charge is 2.19. The Balaban J connectivity index is 1.65. The van der Waals surface area contributed by atoms with Crippen LogP contribution in [-0.2, 0) is 11.3 Å². The first-order valence-corrected chi connectivity index (χ1v) is 11.0. The zero-order valence-electron chi connectivity index (χ0n) is 19.4. The minimum atomic E-state index is -0.632. The fourth-order valence-electron chi connectivity index (χ4n) is 3.72. The van der Waals surface area contributed by atoms with Gasteiger partial charge in [-0.05, 0) is 36.4 Å². The van der Waals surface area contributed by atoms with Crippen molar-refractivity contribution in [2.75, 3.05) is 58.9 Å². The standard InChI is InChI=1S/C24H32N4O5/c1-4-27-9-11-28(12-10-27)15-17-5-7-19(8-6-17)26-24(30)18-13-20(31-2)23(21(14-18)32-3)33-16-22(25)29/h5-8,13-14H,4,9-12,15-16H2,1-3H3,(H2,25,29)(H,26,30). The van der Waals surface area contributed by atoms with E-state index in [-0.39, 0.29) is 29.8 Å². The fourth-order valence-corrected chi connectivity index (χ4v) is 3.72. The average molecular weight is 457 g/mol. The second-order valence-electron chi connectivity index (χ2n) is 7.83. The molecule has 33 heavy (non-hydrogen) atoms. The zero-order chi connectivity index (χ0) is 23.8. The molecule has 0 aromatic heterocycles. The van der Waals surface area contributed by atoms with Crippen molar-refractivity contribution < 1.29 is 23.8 Å². The number of carbonyl (C=O) groups is 2. The third kappa shape index (κ3) is 6.59. The van der Waals surface area contributed by atoms with Gasteiger partial charge in [-0.1, -0.05) is 19.1 Å². The van der Waals surface area contributed by atoms with Crippen LogP contribution in [0.2, 0.25) is 0 Å². The van der Waals surface area contributed by atoms with Gasteiger partial charge in [-0.15, -0.1) is 0 Å². The van der Waals surface area contributed by atoms with Crippen LogP contribution in [0.25, 0.3) is 0 Å². The predicted octanol–water partition coefficient (Wildman–Crippen LogP) is 1.96. The predicted molar refractivity (Wildman–Crippen MR) is 126 cm³/mol. The monoisotopic (exact) mass is 456 g/mol. The quantitative estimate of drug-likeness (QED) is 0.563. The molecule has 1 aliphatic rings. The molecular weight excluding hydrogens is 424 g/mol. The van der Waals surface area contributed by atoms with Crippen molar-refractivity contribution in [2.24, 2.45) is 5.73 Å². The van der Waals surface area contributed by atoms with Gasteiger partial charge in [-0.3, -0.25) is 14.5 Å². The van der Waals surface area contributed by atoms with Crippen LogP contribution in [0.5, 0.6) is 17.2 Å². The summed E-state index contributed by atoms with van der Waals surface area (Å²) in [7, 11) is 2.88. The van der Waals surface area contributed by atoms with Crippen LogP contribution in [0, 0.1) is 0 Å². The Morgan fingerprint density at radius 2 is 1.55 bits per heavy atom. The van der Waals surface area contributed by atoms with Crippen molar-refractivity contribution in [3.05, 3.63) is 47.5 Å². The third-order valence-corrected chi connectivity index (χ3v) is 5.61. The van der Waals surface area contributed by atoms with Crippen LogP contribution in [-0.4, -0.2) is 75.2 Å². The molecule has 3 N–H and O–H groups in total. The number of nitrogens with one attached hydrogen (secondary N) is 1. The zero-order valence-corrected chi connectivity index (χ0v) is 19.4. The Kier molecular flexibility index (Phi) is 8.51. The van der Waals surface area contributed by atoms with E-state index in [1.165, 1.54) is 31.9 Å². The third-order valence-electron chi connectivity index (χ3n) is 5.61.